The molecule has 6 heteroatoms. The van der Waals surface area contributed by atoms with Gasteiger partial charge in [-0.2, -0.15) is 0 Å². The lowest BCUT2D eigenvalue weighted by atomic mass is 10.2. The number of carbonyl (C=O) groups excluding carboxylic acids is 1. The van der Waals surface area contributed by atoms with Crippen molar-refractivity contribution in [1.29, 1.82) is 0 Å². The lowest BCUT2D eigenvalue weighted by molar-refractivity contribution is -0.140. The van der Waals surface area contributed by atoms with Gasteiger partial charge in [0.05, 0.1) is 6.42 Å². The normalized spacial score (nSPS) is 12.5. The molecule has 0 aliphatic rings. The molecule has 0 rings (SSSR count). The van der Waals surface area contributed by atoms with E-state index in [-0.39, 0.29) is 6.42 Å². The third-order valence-corrected chi connectivity index (χ3v) is 1.39. The third kappa shape index (κ3) is 3.41. The van der Waals surface area contributed by atoms with E-state index in [1.54, 1.807) is 0 Å². The Morgan fingerprint density at radius 2 is 2.20 bits per heavy atom. The van der Waals surface area contributed by atoms with E-state index in [4.69, 9.17) is 10.8 Å². The summed E-state index contributed by atoms with van der Waals surface area (Å²) >= 11 is 2.71. The van der Waals surface area contributed by atoms with Crippen molar-refractivity contribution in [3.63, 3.8) is 0 Å². The van der Waals surface area contributed by atoms with Gasteiger partial charge in [0.25, 0.3) is 0 Å². The molecule has 58 valence electrons. The van der Waals surface area contributed by atoms with Gasteiger partial charge in [-0.05, 0) is 0 Å². The van der Waals surface area contributed by atoms with Gasteiger partial charge in [-0.25, -0.2) is 4.34 Å². The first-order chi connectivity index (χ1) is 4.57. The number of hydrogen-bond donors (Lipinski definition) is 3. The molecule has 0 aliphatic heterocycles. The molecule has 0 saturated carbocycles. The molecule has 0 aromatic rings. The number of aliphatic carboxylic acids is 1. The van der Waals surface area contributed by atoms with Gasteiger partial charge in [0, 0.05) is 16.1 Å². The lowest BCUT2D eigenvalue weighted by Crippen LogP contribution is -2.34. The molecule has 1 amide bonds. The van der Waals surface area contributed by atoms with Gasteiger partial charge in [-0.15, -0.1) is 0 Å². The summed E-state index contributed by atoms with van der Waals surface area (Å²) in [4.78, 5) is 20.3. The second kappa shape index (κ2) is 4.24. The molecule has 10 heavy (non-hydrogen) atoms. The molecule has 0 aliphatic carbocycles. The minimum atomic E-state index is -1.12. The van der Waals surface area contributed by atoms with Gasteiger partial charge < -0.3 is 10.8 Å². The minimum Gasteiger partial charge on any atom is -0.480 e. The molecule has 0 spiro atoms. The predicted octanol–water partition coefficient (Wildman–Crippen LogP) is -0.786. The van der Waals surface area contributed by atoms with E-state index >= 15 is 0 Å². The van der Waals surface area contributed by atoms with E-state index in [1.165, 1.54) is 0 Å². The van der Waals surface area contributed by atoms with Crippen molar-refractivity contribution in [3.8, 4) is 0 Å². The summed E-state index contributed by atoms with van der Waals surface area (Å²) in [5, 5.41) is 8.32. The van der Waals surface area contributed by atoms with Crippen LogP contribution in [-0.4, -0.2) is 23.0 Å². The van der Waals surface area contributed by atoms with Crippen LogP contribution in [0.3, 0.4) is 0 Å². The van der Waals surface area contributed by atoms with Crippen LogP contribution in [0.5, 0.6) is 0 Å². The average Bonchev–Trinajstić information content (AvgIpc) is 1.81. The van der Waals surface area contributed by atoms with E-state index < -0.39 is 17.9 Å². The van der Waals surface area contributed by atoms with E-state index in [1.807, 2.05) is 0 Å². The first kappa shape index (κ1) is 9.38. The van der Waals surface area contributed by atoms with Gasteiger partial charge in [-0.1, -0.05) is 0 Å². The fraction of sp³-hybridized carbons (Fsp3) is 0.500. The van der Waals surface area contributed by atoms with Crippen molar-refractivity contribution in [2.24, 2.45) is 5.73 Å². The van der Waals surface area contributed by atoms with Crippen LogP contribution < -0.4 is 10.1 Å². The fourth-order valence-electron chi connectivity index (χ4n) is 0.374. The largest absolute Gasteiger partial charge is 0.480 e. The Morgan fingerprint density at radius 1 is 1.70 bits per heavy atom. The van der Waals surface area contributed by atoms with Gasteiger partial charge in [0.2, 0.25) is 5.91 Å². The van der Waals surface area contributed by atoms with E-state index in [9.17, 15) is 9.59 Å². The van der Waals surface area contributed by atoms with Crippen molar-refractivity contribution < 1.29 is 14.7 Å². The average molecular weight is 211 g/mol. The summed E-state index contributed by atoms with van der Waals surface area (Å²) in [5.74, 6) is -1.77. The Kier molecular flexibility index (Phi) is 3.97. The number of hydrogen-bond acceptors (Lipinski definition) is 3. The topological polar surface area (TPSA) is 92.4 Å². The van der Waals surface area contributed by atoms with Crippen molar-refractivity contribution in [3.05, 3.63) is 0 Å². The number of rotatable bonds is 4. The predicted molar refractivity (Wildman–Crippen MR) is 37.3 cm³/mol. The molecule has 0 aromatic carbocycles. The molecular weight excluding hydrogens is 204 g/mol. The van der Waals surface area contributed by atoms with E-state index in [0.717, 1.165) is 0 Å². The quantitative estimate of drug-likeness (QED) is 0.531. The number of nitrogens with one attached hydrogen (secondary N) is 1. The van der Waals surface area contributed by atoms with Crippen molar-refractivity contribution in [1.82, 2.24) is 4.34 Å². The summed E-state index contributed by atoms with van der Waals surface area (Å²) in [6, 6.07) is -0.947. The van der Waals surface area contributed by atoms with Gasteiger partial charge in [0.15, 0.2) is 0 Å². The smallest absolute Gasteiger partial charge is 0.322 e. The number of primary amides is 1. The van der Waals surface area contributed by atoms with Crippen LogP contribution in [0.4, 0.5) is 0 Å². The Balaban J connectivity index is 3.83. The van der Waals surface area contributed by atoms with E-state index in [2.05, 4.69) is 20.5 Å². The lowest BCUT2D eigenvalue weighted by Gasteiger charge is -2.05. The van der Waals surface area contributed by atoms with Gasteiger partial charge in [-0.3, -0.25) is 9.59 Å². The summed E-state index contributed by atoms with van der Waals surface area (Å²) < 4.78 is 2.24. The Bertz CT molecular complexity index is 149. The minimum absolute atomic E-state index is 0.222. The van der Waals surface area contributed by atoms with Crippen molar-refractivity contribution in [2.75, 3.05) is 0 Å². The van der Waals surface area contributed by atoms with Crippen LogP contribution in [0.25, 0.3) is 0 Å². The molecule has 0 aromatic heterocycles. The number of halogens is 1. The molecule has 0 bridgehead atoms. The number of carbonyl (C=O) groups is 2. The maximum absolute atomic E-state index is 10.2. The third-order valence-electron chi connectivity index (χ3n) is 0.835. The zero-order valence-corrected chi connectivity index (χ0v) is 6.59. The van der Waals surface area contributed by atoms with Crippen LogP contribution in [0.1, 0.15) is 6.42 Å². The highest BCUT2D eigenvalue weighted by Crippen LogP contribution is 1.92. The van der Waals surface area contributed by atoms with E-state index in [0.29, 0.717) is 0 Å². The van der Waals surface area contributed by atoms with Crippen LogP contribution in [0.2, 0.25) is 0 Å². The fourth-order valence-corrected chi connectivity index (χ4v) is 0.731. The van der Waals surface area contributed by atoms with Crippen molar-refractivity contribution >= 4 is 28.0 Å². The second-order valence-corrected chi connectivity index (χ2v) is 2.13. The molecule has 0 heterocycles. The second-order valence-electron chi connectivity index (χ2n) is 1.67. The summed E-state index contributed by atoms with van der Waals surface area (Å²) in [7, 11) is 0. The van der Waals surface area contributed by atoms with Crippen LogP contribution in [0, 0.1) is 0 Å². The Hall–Kier alpha value is -0.620. The van der Waals surface area contributed by atoms with Crippen molar-refractivity contribution in [2.45, 2.75) is 12.5 Å². The zero-order chi connectivity index (χ0) is 8.15. The Labute approximate surface area is 65.9 Å². The van der Waals surface area contributed by atoms with Crippen LogP contribution in [0.15, 0.2) is 0 Å². The maximum Gasteiger partial charge on any atom is 0.322 e. The highest BCUT2D eigenvalue weighted by molar-refractivity contribution is 9.08. The molecular formula is C4H7BrN2O3. The molecule has 0 fully saturated rings. The highest BCUT2D eigenvalue weighted by atomic mass is 79.9. The summed E-state index contributed by atoms with van der Waals surface area (Å²) in [6.45, 7) is 0. The summed E-state index contributed by atoms with van der Waals surface area (Å²) in [6.07, 6.45) is -0.222. The number of carboxylic acids is 1. The molecule has 0 unspecified atom stereocenters. The van der Waals surface area contributed by atoms with Crippen LogP contribution in [-0.2, 0) is 9.59 Å². The maximum atomic E-state index is 10.2. The molecule has 5 nitrogen and oxygen atoms in total. The first-order valence-corrected chi connectivity index (χ1v) is 3.24. The zero-order valence-electron chi connectivity index (χ0n) is 5.00. The highest BCUT2D eigenvalue weighted by Gasteiger charge is 2.17. The number of carboxylic acid groups (broad SMARTS) is 1. The standard InChI is InChI=1S/C4H7BrN2O3/c5-7-2(4(9)10)1-3(6)8/h2,7H,1H2,(H2,6,8)(H,9,10)/t2-/m0/s1. The molecule has 0 radical (unpaired) electrons. The van der Waals surface area contributed by atoms with Gasteiger partial charge in [0.1, 0.15) is 6.04 Å². The number of nitrogens with two attached hydrogens (primary N) is 1. The molecule has 4 N–H and O–H groups in total. The number of amides is 1. The summed E-state index contributed by atoms with van der Waals surface area (Å²) in [5.41, 5.74) is 4.74. The first-order valence-electron chi connectivity index (χ1n) is 2.45. The Morgan fingerprint density at radius 3 is 2.30 bits per heavy atom. The SMILES string of the molecule is NC(=O)C[C@H](NBr)C(=O)O. The van der Waals surface area contributed by atoms with Gasteiger partial charge >= 0.3 is 5.97 Å². The molecule has 0 saturated heterocycles. The molecule has 1 atom stereocenters. The van der Waals surface area contributed by atoms with Crippen LogP contribution >= 0.6 is 16.1 Å². The monoisotopic (exact) mass is 210 g/mol.